The van der Waals surface area contributed by atoms with Gasteiger partial charge in [-0.05, 0) is 53.2 Å². The van der Waals surface area contributed by atoms with Gasteiger partial charge in [0, 0.05) is 5.56 Å². The van der Waals surface area contributed by atoms with E-state index < -0.39 is 5.82 Å². The zero-order valence-electron chi connectivity index (χ0n) is 13.0. The smallest absolute Gasteiger partial charge is 0.279 e. The van der Waals surface area contributed by atoms with E-state index >= 15 is 0 Å². The molecule has 1 amide bonds. The third-order valence-corrected chi connectivity index (χ3v) is 4.13. The monoisotopic (exact) mass is 381 g/mol. The van der Waals surface area contributed by atoms with Crippen LogP contribution in [0.5, 0.6) is 5.75 Å². The van der Waals surface area contributed by atoms with Crippen molar-refractivity contribution in [3.8, 4) is 5.75 Å². The first-order chi connectivity index (χ1) is 11.0. The number of rotatable bonds is 6. The molecule has 1 atom stereocenters. The van der Waals surface area contributed by atoms with Crippen molar-refractivity contribution in [2.45, 2.75) is 13.0 Å². The molecule has 23 heavy (non-hydrogen) atoms. The standard InChI is InChI=1S/C17H18BrFN2O2/c1-11(12-7-8-16(23-2)13(18)9-12)20-10-17(22)21-15-6-4-3-5-14(15)19/h3-9,11,20H,10H2,1-2H3,(H,21,22)/p+1/t11-/m0/s1. The number of amides is 1. The molecule has 0 saturated carbocycles. The first-order valence-electron chi connectivity index (χ1n) is 7.22. The number of quaternary nitrogens is 1. The van der Waals surface area contributed by atoms with Gasteiger partial charge in [-0.1, -0.05) is 12.1 Å². The summed E-state index contributed by atoms with van der Waals surface area (Å²) in [5.74, 6) is 0.0840. The fraction of sp³-hybridized carbons (Fsp3) is 0.235. The van der Waals surface area contributed by atoms with Crippen LogP contribution in [0.2, 0.25) is 0 Å². The SMILES string of the molecule is COc1ccc([C@H](C)[NH2+]CC(=O)Nc2ccccc2F)cc1Br. The van der Waals surface area contributed by atoms with E-state index in [1.165, 1.54) is 12.1 Å². The Labute approximate surface area is 143 Å². The van der Waals surface area contributed by atoms with E-state index in [1.807, 2.05) is 30.4 Å². The molecule has 0 aliphatic carbocycles. The van der Waals surface area contributed by atoms with Gasteiger partial charge in [0.2, 0.25) is 0 Å². The maximum absolute atomic E-state index is 13.5. The van der Waals surface area contributed by atoms with Gasteiger partial charge in [0.1, 0.15) is 17.6 Å². The minimum absolute atomic E-state index is 0.0866. The lowest BCUT2D eigenvalue weighted by atomic mass is 10.1. The zero-order chi connectivity index (χ0) is 16.8. The largest absolute Gasteiger partial charge is 0.496 e. The lowest BCUT2D eigenvalue weighted by Gasteiger charge is -2.13. The molecule has 0 radical (unpaired) electrons. The molecule has 2 rings (SSSR count). The average Bonchev–Trinajstić information content (AvgIpc) is 2.54. The number of nitrogens with one attached hydrogen (secondary N) is 1. The number of hydrogen-bond donors (Lipinski definition) is 2. The highest BCUT2D eigenvalue weighted by atomic mass is 79.9. The van der Waals surface area contributed by atoms with Crippen LogP contribution in [-0.2, 0) is 4.79 Å². The van der Waals surface area contributed by atoms with Crippen molar-refractivity contribution >= 4 is 27.5 Å². The molecule has 0 heterocycles. The maximum Gasteiger partial charge on any atom is 0.279 e. The molecule has 3 N–H and O–H groups in total. The van der Waals surface area contributed by atoms with Crippen LogP contribution in [0, 0.1) is 5.82 Å². The molecular weight excluding hydrogens is 363 g/mol. The highest BCUT2D eigenvalue weighted by Crippen LogP contribution is 2.27. The number of benzene rings is 2. The topological polar surface area (TPSA) is 54.9 Å². The molecule has 2 aromatic rings. The van der Waals surface area contributed by atoms with Crippen LogP contribution in [0.4, 0.5) is 10.1 Å². The number of nitrogens with two attached hydrogens (primary N) is 1. The quantitative estimate of drug-likeness (QED) is 0.808. The molecule has 6 heteroatoms. The molecule has 0 aliphatic heterocycles. The van der Waals surface area contributed by atoms with Crippen molar-refractivity contribution in [2.24, 2.45) is 0 Å². The van der Waals surface area contributed by atoms with Gasteiger partial charge in [0.25, 0.3) is 5.91 Å². The Morgan fingerprint density at radius 3 is 2.74 bits per heavy atom. The summed E-state index contributed by atoms with van der Waals surface area (Å²) in [7, 11) is 1.61. The number of carbonyl (C=O) groups is 1. The molecule has 0 saturated heterocycles. The maximum atomic E-state index is 13.5. The van der Waals surface area contributed by atoms with E-state index in [1.54, 1.807) is 19.2 Å². The normalized spacial score (nSPS) is 11.8. The van der Waals surface area contributed by atoms with Crippen LogP contribution in [0.15, 0.2) is 46.9 Å². The van der Waals surface area contributed by atoms with E-state index in [0.717, 1.165) is 15.8 Å². The summed E-state index contributed by atoms with van der Waals surface area (Å²) < 4.78 is 19.6. The predicted octanol–water partition coefficient (Wildman–Crippen LogP) is 2.86. The van der Waals surface area contributed by atoms with Crippen LogP contribution in [-0.4, -0.2) is 19.6 Å². The average molecular weight is 382 g/mol. The van der Waals surface area contributed by atoms with E-state index in [4.69, 9.17) is 4.74 Å². The molecule has 2 aromatic carbocycles. The van der Waals surface area contributed by atoms with Crippen LogP contribution < -0.4 is 15.4 Å². The minimum atomic E-state index is -0.437. The van der Waals surface area contributed by atoms with Crippen molar-refractivity contribution < 1.29 is 19.2 Å². The Morgan fingerprint density at radius 1 is 1.35 bits per heavy atom. The lowest BCUT2D eigenvalue weighted by Crippen LogP contribution is -2.86. The highest BCUT2D eigenvalue weighted by molar-refractivity contribution is 9.10. The second-order valence-electron chi connectivity index (χ2n) is 5.15. The van der Waals surface area contributed by atoms with E-state index in [2.05, 4.69) is 21.2 Å². The number of carbonyl (C=O) groups excluding carboxylic acids is 1. The lowest BCUT2D eigenvalue weighted by molar-refractivity contribution is -0.682. The third-order valence-electron chi connectivity index (χ3n) is 3.51. The minimum Gasteiger partial charge on any atom is -0.496 e. The highest BCUT2D eigenvalue weighted by Gasteiger charge is 2.14. The Kier molecular flexibility index (Phi) is 6.12. The fourth-order valence-electron chi connectivity index (χ4n) is 2.15. The summed E-state index contributed by atoms with van der Waals surface area (Å²) >= 11 is 3.45. The van der Waals surface area contributed by atoms with Gasteiger partial charge in [0.05, 0.1) is 17.3 Å². The van der Waals surface area contributed by atoms with Crippen molar-refractivity contribution in [3.05, 3.63) is 58.3 Å². The van der Waals surface area contributed by atoms with E-state index in [0.29, 0.717) is 0 Å². The Balaban J connectivity index is 1.91. The van der Waals surface area contributed by atoms with Crippen molar-refractivity contribution in [1.82, 2.24) is 0 Å². The number of ether oxygens (including phenoxy) is 1. The Bertz CT molecular complexity index is 694. The number of halogens is 2. The van der Waals surface area contributed by atoms with Crippen molar-refractivity contribution in [2.75, 3.05) is 19.0 Å². The first-order valence-corrected chi connectivity index (χ1v) is 8.01. The van der Waals surface area contributed by atoms with Crippen molar-refractivity contribution in [1.29, 1.82) is 0 Å². The molecule has 0 aliphatic rings. The van der Waals surface area contributed by atoms with Gasteiger partial charge >= 0.3 is 0 Å². The van der Waals surface area contributed by atoms with Gasteiger partial charge in [-0.3, -0.25) is 4.79 Å². The van der Waals surface area contributed by atoms with Crippen LogP contribution in [0.25, 0.3) is 0 Å². The van der Waals surface area contributed by atoms with Gasteiger partial charge in [-0.25, -0.2) is 4.39 Å². The predicted molar refractivity (Wildman–Crippen MR) is 90.9 cm³/mol. The molecule has 0 fully saturated rings. The van der Waals surface area contributed by atoms with Gasteiger partial charge in [-0.15, -0.1) is 0 Å². The van der Waals surface area contributed by atoms with Gasteiger partial charge < -0.3 is 15.4 Å². The zero-order valence-corrected chi connectivity index (χ0v) is 14.6. The molecule has 0 unspecified atom stereocenters. The summed E-state index contributed by atoms with van der Waals surface area (Å²) in [4.78, 5) is 11.9. The van der Waals surface area contributed by atoms with Crippen LogP contribution >= 0.6 is 15.9 Å². The number of para-hydroxylation sites is 1. The molecular formula is C17H19BrFN2O2+. The number of anilines is 1. The first kappa shape index (κ1) is 17.4. The molecule has 4 nitrogen and oxygen atoms in total. The molecule has 0 aromatic heterocycles. The van der Waals surface area contributed by atoms with E-state index in [9.17, 15) is 9.18 Å². The van der Waals surface area contributed by atoms with Crippen molar-refractivity contribution in [3.63, 3.8) is 0 Å². The molecule has 0 bridgehead atoms. The molecule has 122 valence electrons. The summed E-state index contributed by atoms with van der Waals surface area (Å²) in [6, 6.07) is 12.0. The second-order valence-corrected chi connectivity index (χ2v) is 6.00. The van der Waals surface area contributed by atoms with Gasteiger partial charge in [0.15, 0.2) is 6.54 Å². The molecule has 0 spiro atoms. The summed E-state index contributed by atoms with van der Waals surface area (Å²) in [6.45, 7) is 2.21. The summed E-state index contributed by atoms with van der Waals surface area (Å²) in [5.41, 5.74) is 1.27. The van der Waals surface area contributed by atoms with E-state index in [-0.39, 0.29) is 24.2 Å². The summed E-state index contributed by atoms with van der Waals surface area (Å²) in [5, 5.41) is 4.47. The second kappa shape index (κ2) is 8.08. The Morgan fingerprint density at radius 2 is 2.09 bits per heavy atom. The number of methoxy groups -OCH3 is 1. The number of hydrogen-bond acceptors (Lipinski definition) is 2. The van der Waals surface area contributed by atoms with Gasteiger partial charge in [-0.2, -0.15) is 0 Å². The summed E-state index contributed by atoms with van der Waals surface area (Å²) in [6.07, 6.45) is 0. The fourth-order valence-corrected chi connectivity index (χ4v) is 2.71. The third kappa shape index (κ3) is 4.77. The van der Waals surface area contributed by atoms with Crippen LogP contribution in [0.1, 0.15) is 18.5 Å². The van der Waals surface area contributed by atoms with Crippen LogP contribution in [0.3, 0.4) is 0 Å². The Hall–Kier alpha value is -1.92.